The third-order valence-electron chi connectivity index (χ3n) is 3.44. The van der Waals surface area contributed by atoms with Crippen LogP contribution in [0.3, 0.4) is 0 Å². The first kappa shape index (κ1) is 18.0. The van der Waals surface area contributed by atoms with Crippen molar-refractivity contribution in [1.29, 1.82) is 0 Å². The molecular formula is C18H14ClF3N4. The van der Waals surface area contributed by atoms with E-state index in [0.717, 1.165) is 12.1 Å². The van der Waals surface area contributed by atoms with Crippen LogP contribution in [0.15, 0.2) is 54.6 Å². The minimum atomic E-state index is -4.41. The first-order chi connectivity index (χ1) is 12.3. The summed E-state index contributed by atoms with van der Waals surface area (Å²) >= 11 is 6.12. The van der Waals surface area contributed by atoms with Crippen molar-refractivity contribution >= 4 is 34.7 Å². The molecule has 0 unspecified atom stereocenters. The van der Waals surface area contributed by atoms with Crippen LogP contribution in [0.4, 0.5) is 36.3 Å². The first-order valence-corrected chi connectivity index (χ1v) is 8.00. The fourth-order valence-corrected chi connectivity index (χ4v) is 2.47. The summed E-state index contributed by atoms with van der Waals surface area (Å²) in [6.45, 7) is 1.76. The zero-order valence-corrected chi connectivity index (χ0v) is 14.4. The Morgan fingerprint density at radius 2 is 1.69 bits per heavy atom. The van der Waals surface area contributed by atoms with E-state index in [0.29, 0.717) is 22.2 Å². The molecule has 1 heterocycles. The van der Waals surface area contributed by atoms with Crippen molar-refractivity contribution < 1.29 is 13.2 Å². The average Bonchev–Trinajstić information content (AvgIpc) is 2.56. The molecule has 0 amide bonds. The lowest BCUT2D eigenvalue weighted by Gasteiger charge is -2.12. The van der Waals surface area contributed by atoms with Crippen LogP contribution in [0.5, 0.6) is 0 Å². The van der Waals surface area contributed by atoms with E-state index in [2.05, 4.69) is 20.6 Å². The maximum atomic E-state index is 12.8. The van der Waals surface area contributed by atoms with Crippen LogP contribution >= 0.6 is 11.6 Å². The fourth-order valence-electron chi connectivity index (χ4n) is 2.29. The normalized spacial score (nSPS) is 11.3. The molecule has 0 saturated heterocycles. The summed E-state index contributed by atoms with van der Waals surface area (Å²) in [5.74, 6) is 0.652. The van der Waals surface area contributed by atoms with Gasteiger partial charge in [-0.15, -0.1) is 0 Å². The van der Waals surface area contributed by atoms with E-state index in [4.69, 9.17) is 11.6 Å². The summed E-state index contributed by atoms with van der Waals surface area (Å²) in [6.07, 6.45) is -4.41. The van der Waals surface area contributed by atoms with Gasteiger partial charge in [-0.3, -0.25) is 0 Å². The Morgan fingerprint density at radius 1 is 0.923 bits per heavy atom. The smallest absolute Gasteiger partial charge is 0.339 e. The standard InChI is InChI=1S/C18H14ClF3N4/c1-11-9-16(25-15-8-3-2-7-14(15)19)26-17(23-11)24-13-6-4-5-12(10-13)18(20,21)22/h2-10H,1H3,(H2,23,24,25,26). The number of rotatable bonds is 4. The fraction of sp³-hybridized carbons (Fsp3) is 0.111. The number of para-hydroxylation sites is 1. The Hall–Kier alpha value is -2.80. The summed E-state index contributed by atoms with van der Waals surface area (Å²) in [5, 5.41) is 6.40. The molecule has 0 aliphatic carbocycles. The lowest BCUT2D eigenvalue weighted by molar-refractivity contribution is -0.137. The zero-order chi connectivity index (χ0) is 18.7. The van der Waals surface area contributed by atoms with Crippen molar-refractivity contribution in [2.24, 2.45) is 0 Å². The van der Waals surface area contributed by atoms with Gasteiger partial charge in [-0.05, 0) is 37.3 Å². The van der Waals surface area contributed by atoms with E-state index in [1.165, 1.54) is 12.1 Å². The van der Waals surface area contributed by atoms with Crippen LogP contribution in [-0.2, 0) is 6.18 Å². The molecule has 0 aliphatic rings. The first-order valence-electron chi connectivity index (χ1n) is 7.63. The number of hydrogen-bond acceptors (Lipinski definition) is 4. The number of alkyl halides is 3. The molecule has 8 heteroatoms. The molecule has 0 atom stereocenters. The quantitative estimate of drug-likeness (QED) is 0.589. The predicted octanol–water partition coefficient (Wildman–Crippen LogP) is 5.94. The van der Waals surface area contributed by atoms with Gasteiger partial charge in [0.15, 0.2) is 0 Å². The topological polar surface area (TPSA) is 49.8 Å². The second-order valence-corrected chi connectivity index (χ2v) is 5.93. The molecule has 0 fully saturated rings. The Morgan fingerprint density at radius 3 is 2.42 bits per heavy atom. The van der Waals surface area contributed by atoms with Gasteiger partial charge in [0.2, 0.25) is 5.95 Å². The van der Waals surface area contributed by atoms with Gasteiger partial charge in [-0.2, -0.15) is 18.2 Å². The van der Waals surface area contributed by atoms with Gasteiger partial charge in [-0.1, -0.05) is 29.8 Å². The highest BCUT2D eigenvalue weighted by atomic mass is 35.5. The van der Waals surface area contributed by atoms with Crippen molar-refractivity contribution in [1.82, 2.24) is 9.97 Å². The summed E-state index contributed by atoms with van der Waals surface area (Å²) in [7, 11) is 0. The number of nitrogens with one attached hydrogen (secondary N) is 2. The van der Waals surface area contributed by atoms with Crippen LogP contribution in [0.1, 0.15) is 11.3 Å². The molecule has 4 nitrogen and oxygen atoms in total. The summed E-state index contributed by atoms with van der Waals surface area (Å²) in [6, 6.07) is 13.7. The number of halogens is 4. The van der Waals surface area contributed by atoms with Crippen LogP contribution in [-0.4, -0.2) is 9.97 Å². The zero-order valence-electron chi connectivity index (χ0n) is 13.6. The minimum absolute atomic E-state index is 0.180. The Labute approximate surface area is 153 Å². The van der Waals surface area contributed by atoms with E-state index in [-0.39, 0.29) is 11.6 Å². The molecule has 2 aromatic carbocycles. The number of aryl methyl sites for hydroxylation is 1. The molecule has 1 aromatic heterocycles. The monoisotopic (exact) mass is 378 g/mol. The Kier molecular flexibility index (Phi) is 4.99. The maximum Gasteiger partial charge on any atom is 0.416 e. The molecule has 0 bridgehead atoms. The number of nitrogens with zero attached hydrogens (tertiary/aromatic N) is 2. The van der Waals surface area contributed by atoms with Crippen molar-refractivity contribution in [2.75, 3.05) is 10.6 Å². The molecule has 3 rings (SSSR count). The van der Waals surface area contributed by atoms with Gasteiger partial charge in [0.1, 0.15) is 5.82 Å². The number of anilines is 4. The highest BCUT2D eigenvalue weighted by Crippen LogP contribution is 2.31. The summed E-state index contributed by atoms with van der Waals surface area (Å²) in [5.41, 5.74) is 0.806. The third kappa shape index (κ3) is 4.43. The summed E-state index contributed by atoms with van der Waals surface area (Å²) < 4.78 is 38.5. The average molecular weight is 379 g/mol. The van der Waals surface area contributed by atoms with Crippen LogP contribution in [0, 0.1) is 6.92 Å². The van der Waals surface area contributed by atoms with Crippen molar-refractivity contribution in [3.05, 3.63) is 70.9 Å². The van der Waals surface area contributed by atoms with E-state index >= 15 is 0 Å². The van der Waals surface area contributed by atoms with Crippen LogP contribution in [0.25, 0.3) is 0 Å². The Bertz CT molecular complexity index is 928. The molecule has 0 aliphatic heterocycles. The maximum absolute atomic E-state index is 12.8. The minimum Gasteiger partial charge on any atom is -0.339 e. The number of aromatic nitrogens is 2. The van der Waals surface area contributed by atoms with E-state index < -0.39 is 11.7 Å². The van der Waals surface area contributed by atoms with E-state index in [1.807, 2.05) is 6.07 Å². The van der Waals surface area contributed by atoms with Crippen molar-refractivity contribution in [3.63, 3.8) is 0 Å². The van der Waals surface area contributed by atoms with E-state index in [9.17, 15) is 13.2 Å². The van der Waals surface area contributed by atoms with Gasteiger partial charge in [0.05, 0.1) is 16.3 Å². The molecule has 134 valence electrons. The van der Waals surface area contributed by atoms with Gasteiger partial charge in [0, 0.05) is 17.4 Å². The Balaban J connectivity index is 1.85. The molecule has 0 spiro atoms. The number of benzene rings is 2. The largest absolute Gasteiger partial charge is 0.416 e. The van der Waals surface area contributed by atoms with Crippen molar-refractivity contribution in [2.45, 2.75) is 13.1 Å². The SMILES string of the molecule is Cc1cc(Nc2ccccc2Cl)nc(Nc2cccc(C(F)(F)F)c2)n1. The lowest BCUT2D eigenvalue weighted by atomic mass is 10.2. The second-order valence-electron chi connectivity index (χ2n) is 5.53. The highest BCUT2D eigenvalue weighted by molar-refractivity contribution is 6.33. The summed E-state index contributed by atoms with van der Waals surface area (Å²) in [4.78, 5) is 8.49. The van der Waals surface area contributed by atoms with Crippen LogP contribution < -0.4 is 10.6 Å². The molecule has 2 N–H and O–H groups in total. The third-order valence-corrected chi connectivity index (χ3v) is 3.77. The van der Waals surface area contributed by atoms with Gasteiger partial charge in [0.25, 0.3) is 0 Å². The predicted molar refractivity (Wildman–Crippen MR) is 96.2 cm³/mol. The molecule has 0 radical (unpaired) electrons. The van der Waals surface area contributed by atoms with Gasteiger partial charge in [-0.25, -0.2) is 4.98 Å². The second kappa shape index (κ2) is 7.21. The van der Waals surface area contributed by atoms with Crippen LogP contribution in [0.2, 0.25) is 5.02 Å². The van der Waals surface area contributed by atoms with Gasteiger partial charge >= 0.3 is 6.18 Å². The molecule has 0 saturated carbocycles. The highest BCUT2D eigenvalue weighted by Gasteiger charge is 2.30. The van der Waals surface area contributed by atoms with Gasteiger partial charge < -0.3 is 10.6 Å². The number of hydrogen-bond donors (Lipinski definition) is 2. The van der Waals surface area contributed by atoms with E-state index in [1.54, 1.807) is 31.2 Å². The molecule has 26 heavy (non-hydrogen) atoms. The van der Waals surface area contributed by atoms with Crippen molar-refractivity contribution in [3.8, 4) is 0 Å². The molecule has 3 aromatic rings. The lowest BCUT2D eigenvalue weighted by Crippen LogP contribution is -2.06. The molecular weight excluding hydrogens is 365 g/mol.